The van der Waals surface area contributed by atoms with Gasteiger partial charge in [0, 0.05) is 24.6 Å². The van der Waals surface area contributed by atoms with Gasteiger partial charge < -0.3 is 11.1 Å². The van der Waals surface area contributed by atoms with Crippen LogP contribution in [0.2, 0.25) is 0 Å². The molecule has 0 aromatic heterocycles. The Balaban J connectivity index is 2.53. The Bertz CT molecular complexity index is 533. The maximum Gasteiger partial charge on any atom is 0.305 e. The summed E-state index contributed by atoms with van der Waals surface area (Å²) in [5.74, 6) is -1.94. The van der Waals surface area contributed by atoms with Gasteiger partial charge in [0.2, 0.25) is 11.7 Å². The van der Waals surface area contributed by atoms with Crippen molar-refractivity contribution in [3.63, 3.8) is 0 Å². The van der Waals surface area contributed by atoms with E-state index in [-0.39, 0.29) is 12.0 Å². The first-order valence-electron chi connectivity index (χ1n) is 5.92. The fourth-order valence-electron chi connectivity index (χ4n) is 1.52. The average Bonchev–Trinajstić information content (AvgIpc) is 2.37. The average molecular weight is 283 g/mol. The minimum Gasteiger partial charge on any atom is -0.370 e. The molecule has 8 heteroatoms. The minimum atomic E-state index is -0.993. The molecule has 0 spiro atoms. The van der Waals surface area contributed by atoms with Crippen molar-refractivity contribution in [2.45, 2.75) is 19.3 Å². The van der Waals surface area contributed by atoms with Crippen molar-refractivity contribution in [3.05, 3.63) is 39.7 Å². The van der Waals surface area contributed by atoms with Gasteiger partial charge in [0.05, 0.1) is 4.92 Å². The van der Waals surface area contributed by atoms with E-state index in [1.165, 1.54) is 6.07 Å². The molecule has 20 heavy (non-hydrogen) atoms. The number of nitrogens with two attached hydrogens (primary N) is 1. The molecule has 0 aliphatic carbocycles. The van der Waals surface area contributed by atoms with Crippen LogP contribution in [0.1, 0.15) is 29.6 Å². The number of nitro benzene ring substituents is 1. The first-order chi connectivity index (χ1) is 9.41. The van der Waals surface area contributed by atoms with Crippen LogP contribution >= 0.6 is 0 Å². The molecule has 0 atom stereocenters. The van der Waals surface area contributed by atoms with Crippen LogP contribution in [0.25, 0.3) is 0 Å². The standard InChI is InChI=1S/C12H14FN3O4/c13-9-5-4-8(7-10(9)16(19)20)12(18)15-6-2-1-3-11(14)17/h4-5,7H,1-3,6H2,(H2,14,17)(H,15,18). The third-order valence-corrected chi connectivity index (χ3v) is 2.54. The largest absolute Gasteiger partial charge is 0.370 e. The molecule has 2 amide bonds. The number of benzene rings is 1. The normalized spacial score (nSPS) is 10.1. The van der Waals surface area contributed by atoms with E-state index in [0.29, 0.717) is 19.4 Å². The van der Waals surface area contributed by atoms with Crippen molar-refractivity contribution in [1.29, 1.82) is 0 Å². The summed E-state index contributed by atoms with van der Waals surface area (Å²) in [4.78, 5) is 31.8. The quantitative estimate of drug-likeness (QED) is 0.443. The van der Waals surface area contributed by atoms with Crippen molar-refractivity contribution in [1.82, 2.24) is 5.32 Å². The van der Waals surface area contributed by atoms with Gasteiger partial charge in [-0.15, -0.1) is 0 Å². The summed E-state index contributed by atoms with van der Waals surface area (Å²) in [5, 5.41) is 13.1. The molecule has 108 valence electrons. The molecule has 0 unspecified atom stereocenters. The molecule has 0 saturated carbocycles. The van der Waals surface area contributed by atoms with Gasteiger partial charge in [0.15, 0.2) is 0 Å². The Labute approximate surface area is 114 Å². The number of nitrogens with zero attached hydrogens (tertiary/aromatic N) is 1. The summed E-state index contributed by atoms with van der Waals surface area (Å²) in [6.07, 6.45) is 1.33. The zero-order valence-corrected chi connectivity index (χ0v) is 10.6. The van der Waals surface area contributed by atoms with E-state index >= 15 is 0 Å². The number of hydrogen-bond donors (Lipinski definition) is 2. The first kappa shape index (κ1) is 15.5. The first-order valence-corrected chi connectivity index (χ1v) is 5.92. The Morgan fingerprint density at radius 3 is 2.65 bits per heavy atom. The fraction of sp³-hybridized carbons (Fsp3) is 0.333. The number of carbonyl (C=O) groups is 2. The highest BCUT2D eigenvalue weighted by atomic mass is 19.1. The van der Waals surface area contributed by atoms with E-state index in [0.717, 1.165) is 12.1 Å². The highest BCUT2D eigenvalue weighted by molar-refractivity contribution is 5.94. The van der Waals surface area contributed by atoms with Crippen molar-refractivity contribution in [2.75, 3.05) is 6.54 Å². The fourth-order valence-corrected chi connectivity index (χ4v) is 1.52. The number of primary amides is 1. The van der Waals surface area contributed by atoms with Gasteiger partial charge in [-0.3, -0.25) is 19.7 Å². The van der Waals surface area contributed by atoms with Gasteiger partial charge in [0.25, 0.3) is 5.91 Å². The van der Waals surface area contributed by atoms with Gasteiger partial charge in [-0.05, 0) is 25.0 Å². The molecule has 0 saturated heterocycles. The zero-order chi connectivity index (χ0) is 15.1. The van der Waals surface area contributed by atoms with Gasteiger partial charge in [-0.1, -0.05) is 0 Å². The Morgan fingerprint density at radius 1 is 1.35 bits per heavy atom. The number of hydrogen-bond acceptors (Lipinski definition) is 4. The summed E-state index contributed by atoms with van der Waals surface area (Å²) >= 11 is 0. The predicted molar refractivity (Wildman–Crippen MR) is 68.4 cm³/mol. The number of amides is 2. The lowest BCUT2D eigenvalue weighted by atomic mass is 10.1. The Kier molecular flexibility index (Phi) is 5.57. The second kappa shape index (κ2) is 7.17. The van der Waals surface area contributed by atoms with E-state index in [1.54, 1.807) is 0 Å². The molecule has 0 fully saturated rings. The molecular weight excluding hydrogens is 269 g/mol. The molecule has 3 N–H and O–H groups in total. The van der Waals surface area contributed by atoms with Crippen LogP contribution in [0.3, 0.4) is 0 Å². The number of rotatable bonds is 7. The summed E-state index contributed by atoms with van der Waals surface area (Å²) in [5.41, 5.74) is 4.22. The van der Waals surface area contributed by atoms with Gasteiger partial charge in [-0.2, -0.15) is 4.39 Å². The van der Waals surface area contributed by atoms with Crippen LogP contribution in [0.5, 0.6) is 0 Å². The zero-order valence-electron chi connectivity index (χ0n) is 10.6. The summed E-state index contributed by atoms with van der Waals surface area (Å²) in [6, 6.07) is 2.93. The number of halogens is 1. The number of nitrogens with one attached hydrogen (secondary N) is 1. The van der Waals surface area contributed by atoms with E-state index in [4.69, 9.17) is 5.73 Å². The monoisotopic (exact) mass is 283 g/mol. The highest BCUT2D eigenvalue weighted by Crippen LogP contribution is 2.18. The van der Waals surface area contributed by atoms with Crippen LogP contribution in [0.15, 0.2) is 18.2 Å². The van der Waals surface area contributed by atoms with Crippen molar-refractivity contribution in [2.24, 2.45) is 5.73 Å². The molecule has 0 heterocycles. The van der Waals surface area contributed by atoms with E-state index in [2.05, 4.69) is 5.32 Å². The number of nitro groups is 1. The summed E-state index contributed by atoms with van der Waals surface area (Å²) in [6.45, 7) is 0.303. The van der Waals surface area contributed by atoms with Crippen LogP contribution in [-0.2, 0) is 4.79 Å². The minimum absolute atomic E-state index is 0.00741. The maximum atomic E-state index is 13.1. The number of carbonyl (C=O) groups excluding carboxylic acids is 2. The lowest BCUT2D eigenvalue weighted by Crippen LogP contribution is -2.24. The SMILES string of the molecule is NC(=O)CCCCNC(=O)c1ccc(F)c([N+](=O)[O-])c1. The van der Waals surface area contributed by atoms with Gasteiger partial charge >= 0.3 is 5.69 Å². The van der Waals surface area contributed by atoms with Crippen LogP contribution in [0, 0.1) is 15.9 Å². The second-order valence-electron chi connectivity index (χ2n) is 4.10. The van der Waals surface area contributed by atoms with Crippen molar-refractivity contribution >= 4 is 17.5 Å². The van der Waals surface area contributed by atoms with E-state index in [1.807, 2.05) is 0 Å². The Hall–Kier alpha value is -2.51. The molecule has 0 bridgehead atoms. The molecule has 0 aliphatic heterocycles. The highest BCUT2D eigenvalue weighted by Gasteiger charge is 2.17. The summed E-state index contributed by atoms with van der Waals surface area (Å²) in [7, 11) is 0. The lowest BCUT2D eigenvalue weighted by Gasteiger charge is -2.05. The topological polar surface area (TPSA) is 115 Å². The van der Waals surface area contributed by atoms with Gasteiger partial charge in [0.1, 0.15) is 0 Å². The molecule has 0 radical (unpaired) electrons. The molecule has 1 aromatic rings. The molecule has 0 aliphatic rings. The predicted octanol–water partition coefficient (Wildman–Crippen LogP) is 1.12. The second-order valence-corrected chi connectivity index (χ2v) is 4.10. The van der Waals surface area contributed by atoms with Crippen molar-refractivity contribution < 1.29 is 18.9 Å². The van der Waals surface area contributed by atoms with E-state index in [9.17, 15) is 24.1 Å². The molecule has 1 aromatic carbocycles. The Morgan fingerprint density at radius 2 is 2.05 bits per heavy atom. The molecule has 7 nitrogen and oxygen atoms in total. The third-order valence-electron chi connectivity index (χ3n) is 2.54. The van der Waals surface area contributed by atoms with Crippen LogP contribution in [-0.4, -0.2) is 23.3 Å². The van der Waals surface area contributed by atoms with Crippen LogP contribution in [0.4, 0.5) is 10.1 Å². The van der Waals surface area contributed by atoms with Crippen LogP contribution < -0.4 is 11.1 Å². The molecular formula is C12H14FN3O4. The third kappa shape index (κ3) is 4.63. The summed E-state index contributed by atoms with van der Waals surface area (Å²) < 4.78 is 13.1. The number of unbranched alkanes of at least 4 members (excludes halogenated alkanes) is 1. The smallest absolute Gasteiger partial charge is 0.305 e. The lowest BCUT2D eigenvalue weighted by molar-refractivity contribution is -0.387. The maximum absolute atomic E-state index is 13.1. The van der Waals surface area contributed by atoms with E-state index < -0.39 is 28.2 Å². The molecule has 1 rings (SSSR count). The van der Waals surface area contributed by atoms with Gasteiger partial charge in [-0.25, -0.2) is 0 Å². The van der Waals surface area contributed by atoms with Crippen molar-refractivity contribution in [3.8, 4) is 0 Å².